The summed E-state index contributed by atoms with van der Waals surface area (Å²) in [6.45, 7) is 1.74. The SMILES string of the molecule is CC(CCl)N(C(=O)O)c1cccc(Cl)c1. The van der Waals surface area contributed by atoms with E-state index in [1.807, 2.05) is 0 Å². The summed E-state index contributed by atoms with van der Waals surface area (Å²) in [5, 5.41) is 9.54. The van der Waals surface area contributed by atoms with Gasteiger partial charge >= 0.3 is 6.09 Å². The van der Waals surface area contributed by atoms with Crippen LogP contribution in [0.2, 0.25) is 5.02 Å². The van der Waals surface area contributed by atoms with Crippen molar-refractivity contribution in [2.75, 3.05) is 10.8 Å². The van der Waals surface area contributed by atoms with Crippen LogP contribution in [-0.2, 0) is 0 Å². The maximum absolute atomic E-state index is 11.0. The summed E-state index contributed by atoms with van der Waals surface area (Å²) in [6.07, 6.45) is -1.04. The number of amides is 1. The van der Waals surface area contributed by atoms with Crippen molar-refractivity contribution >= 4 is 35.0 Å². The molecule has 1 atom stereocenters. The van der Waals surface area contributed by atoms with E-state index in [0.717, 1.165) is 0 Å². The molecule has 0 spiro atoms. The molecule has 0 heterocycles. The average molecular weight is 248 g/mol. The predicted octanol–water partition coefficient (Wildman–Crippen LogP) is 3.45. The monoisotopic (exact) mass is 247 g/mol. The van der Waals surface area contributed by atoms with Crippen molar-refractivity contribution in [1.29, 1.82) is 0 Å². The fraction of sp³-hybridized carbons (Fsp3) is 0.300. The minimum absolute atomic E-state index is 0.235. The number of nitrogens with zero attached hydrogens (tertiary/aromatic N) is 1. The van der Waals surface area contributed by atoms with Crippen LogP contribution in [0, 0.1) is 0 Å². The second-order valence-electron chi connectivity index (χ2n) is 3.14. The van der Waals surface area contributed by atoms with Crippen LogP contribution in [0.3, 0.4) is 0 Å². The summed E-state index contributed by atoms with van der Waals surface area (Å²) in [6, 6.07) is 6.38. The third kappa shape index (κ3) is 3.01. The topological polar surface area (TPSA) is 40.5 Å². The fourth-order valence-electron chi connectivity index (χ4n) is 1.25. The largest absolute Gasteiger partial charge is 0.465 e. The van der Waals surface area contributed by atoms with E-state index < -0.39 is 6.09 Å². The van der Waals surface area contributed by atoms with Gasteiger partial charge in [-0.2, -0.15) is 0 Å². The molecule has 3 nitrogen and oxygen atoms in total. The molecule has 1 aromatic carbocycles. The Balaban J connectivity index is 3.04. The van der Waals surface area contributed by atoms with Gasteiger partial charge in [0.1, 0.15) is 0 Å². The molecule has 1 rings (SSSR count). The third-order valence-corrected chi connectivity index (χ3v) is 2.64. The predicted molar refractivity (Wildman–Crippen MR) is 62.1 cm³/mol. The molecular formula is C10H11Cl2NO2. The first-order valence-electron chi connectivity index (χ1n) is 4.40. The Morgan fingerprint density at radius 1 is 1.60 bits per heavy atom. The van der Waals surface area contributed by atoms with Gasteiger partial charge in [0.15, 0.2) is 0 Å². The van der Waals surface area contributed by atoms with Crippen LogP contribution in [0.1, 0.15) is 6.92 Å². The molecule has 0 aliphatic heterocycles. The standard InChI is InChI=1S/C10H11Cl2NO2/c1-7(6-11)13(10(14)15)9-4-2-3-8(12)5-9/h2-5,7H,6H2,1H3,(H,14,15). The van der Waals surface area contributed by atoms with E-state index in [2.05, 4.69) is 0 Å². The first-order valence-corrected chi connectivity index (χ1v) is 5.31. The van der Waals surface area contributed by atoms with Gasteiger partial charge in [-0.1, -0.05) is 17.7 Å². The number of alkyl halides is 1. The molecule has 5 heteroatoms. The second-order valence-corrected chi connectivity index (χ2v) is 3.88. The van der Waals surface area contributed by atoms with Crippen LogP contribution in [0.25, 0.3) is 0 Å². The Kier molecular flexibility index (Phi) is 4.24. The quantitative estimate of drug-likeness (QED) is 0.832. The maximum Gasteiger partial charge on any atom is 0.412 e. The minimum Gasteiger partial charge on any atom is -0.465 e. The number of anilines is 1. The second kappa shape index (κ2) is 5.24. The molecular weight excluding hydrogens is 237 g/mol. The van der Waals surface area contributed by atoms with Gasteiger partial charge in [0.25, 0.3) is 0 Å². The highest BCUT2D eigenvalue weighted by Crippen LogP contribution is 2.22. The normalized spacial score (nSPS) is 12.2. The lowest BCUT2D eigenvalue weighted by atomic mass is 10.2. The zero-order valence-electron chi connectivity index (χ0n) is 8.15. The number of hydrogen-bond donors (Lipinski definition) is 1. The molecule has 1 amide bonds. The van der Waals surface area contributed by atoms with Crippen LogP contribution in [-0.4, -0.2) is 23.1 Å². The Morgan fingerprint density at radius 2 is 2.27 bits per heavy atom. The number of halogens is 2. The van der Waals surface area contributed by atoms with Gasteiger partial charge in [-0.05, 0) is 25.1 Å². The van der Waals surface area contributed by atoms with Crippen molar-refractivity contribution in [2.24, 2.45) is 0 Å². The molecule has 0 saturated carbocycles. The minimum atomic E-state index is -1.04. The lowest BCUT2D eigenvalue weighted by molar-refractivity contribution is 0.200. The van der Waals surface area contributed by atoms with Crippen molar-refractivity contribution < 1.29 is 9.90 Å². The van der Waals surface area contributed by atoms with Gasteiger partial charge in [-0.15, -0.1) is 11.6 Å². The van der Waals surface area contributed by atoms with Crippen LogP contribution in [0.15, 0.2) is 24.3 Å². The number of hydrogen-bond acceptors (Lipinski definition) is 1. The molecule has 1 unspecified atom stereocenters. The van der Waals surface area contributed by atoms with Crippen LogP contribution in [0.5, 0.6) is 0 Å². The van der Waals surface area contributed by atoms with Crippen LogP contribution >= 0.6 is 23.2 Å². The molecule has 82 valence electrons. The Labute approximate surface area is 98.2 Å². The fourth-order valence-corrected chi connectivity index (χ4v) is 1.57. The summed E-state index contributed by atoms with van der Waals surface area (Å²) >= 11 is 11.4. The van der Waals surface area contributed by atoms with Crippen molar-refractivity contribution in [3.8, 4) is 0 Å². The van der Waals surface area contributed by atoms with Crippen molar-refractivity contribution in [3.05, 3.63) is 29.3 Å². The van der Waals surface area contributed by atoms with E-state index >= 15 is 0 Å². The summed E-state index contributed by atoms with van der Waals surface area (Å²) < 4.78 is 0. The van der Waals surface area contributed by atoms with Crippen molar-refractivity contribution in [1.82, 2.24) is 0 Å². The van der Waals surface area contributed by atoms with E-state index in [0.29, 0.717) is 10.7 Å². The van der Waals surface area contributed by atoms with Gasteiger partial charge in [-0.25, -0.2) is 4.79 Å². The smallest absolute Gasteiger partial charge is 0.412 e. The highest BCUT2D eigenvalue weighted by atomic mass is 35.5. The molecule has 1 N–H and O–H groups in total. The number of benzene rings is 1. The number of carboxylic acid groups (broad SMARTS) is 1. The summed E-state index contributed by atoms with van der Waals surface area (Å²) in [5.74, 6) is 0.235. The first kappa shape index (κ1) is 12.1. The number of carbonyl (C=O) groups is 1. The van der Waals surface area contributed by atoms with Crippen molar-refractivity contribution in [2.45, 2.75) is 13.0 Å². The highest BCUT2D eigenvalue weighted by Gasteiger charge is 2.20. The van der Waals surface area contributed by atoms with Gasteiger partial charge < -0.3 is 5.11 Å². The molecule has 15 heavy (non-hydrogen) atoms. The molecule has 0 aliphatic carbocycles. The molecule has 0 saturated heterocycles. The van der Waals surface area contributed by atoms with E-state index in [9.17, 15) is 4.79 Å². The van der Waals surface area contributed by atoms with Crippen LogP contribution in [0.4, 0.5) is 10.5 Å². The number of rotatable bonds is 3. The Hall–Kier alpha value is -0.930. The first-order chi connectivity index (χ1) is 7.06. The Bertz CT molecular complexity index is 357. The highest BCUT2D eigenvalue weighted by molar-refractivity contribution is 6.30. The maximum atomic E-state index is 11.0. The average Bonchev–Trinajstić information content (AvgIpc) is 2.17. The lowest BCUT2D eigenvalue weighted by Gasteiger charge is -2.24. The summed E-state index contributed by atoms with van der Waals surface area (Å²) in [5.41, 5.74) is 0.531. The van der Waals surface area contributed by atoms with Crippen LogP contribution < -0.4 is 4.90 Å². The molecule has 0 fully saturated rings. The zero-order chi connectivity index (χ0) is 11.4. The van der Waals surface area contributed by atoms with Gasteiger partial charge in [0.2, 0.25) is 0 Å². The van der Waals surface area contributed by atoms with E-state index in [-0.39, 0.29) is 11.9 Å². The van der Waals surface area contributed by atoms with E-state index in [1.165, 1.54) is 4.90 Å². The molecule has 0 radical (unpaired) electrons. The molecule has 0 aliphatic rings. The zero-order valence-corrected chi connectivity index (χ0v) is 9.66. The third-order valence-electron chi connectivity index (χ3n) is 1.96. The molecule has 1 aromatic rings. The van der Waals surface area contributed by atoms with Gasteiger partial charge in [-0.3, -0.25) is 4.90 Å². The Morgan fingerprint density at radius 3 is 2.73 bits per heavy atom. The van der Waals surface area contributed by atoms with Gasteiger partial charge in [0, 0.05) is 16.6 Å². The van der Waals surface area contributed by atoms with Gasteiger partial charge in [0.05, 0.1) is 6.04 Å². The van der Waals surface area contributed by atoms with E-state index in [4.69, 9.17) is 28.3 Å². The van der Waals surface area contributed by atoms with Crippen molar-refractivity contribution in [3.63, 3.8) is 0 Å². The lowest BCUT2D eigenvalue weighted by Crippen LogP contribution is -2.38. The molecule has 0 aromatic heterocycles. The summed E-state index contributed by atoms with van der Waals surface area (Å²) in [7, 11) is 0. The summed E-state index contributed by atoms with van der Waals surface area (Å²) in [4.78, 5) is 12.2. The molecule has 0 bridgehead atoms. The van der Waals surface area contributed by atoms with E-state index in [1.54, 1.807) is 31.2 Å².